The molecule has 3 saturated carbocycles. The molecular formula is C28H51Br. The van der Waals surface area contributed by atoms with E-state index in [-0.39, 0.29) is 0 Å². The Morgan fingerprint density at radius 2 is 0.862 bits per heavy atom. The van der Waals surface area contributed by atoms with E-state index in [9.17, 15) is 0 Å². The summed E-state index contributed by atoms with van der Waals surface area (Å²) in [6.45, 7) is 4.71. The lowest BCUT2D eigenvalue weighted by Gasteiger charge is -2.35. The third-order valence-corrected chi connectivity index (χ3v) is 10.4. The number of hydrogen-bond donors (Lipinski definition) is 0. The van der Waals surface area contributed by atoms with E-state index in [1.807, 2.05) is 0 Å². The highest BCUT2D eigenvalue weighted by molar-refractivity contribution is 9.09. The standard InChI is InChI=1S/C28H51Br/c1-3-5-22-7-9-24(10-8-22)11-12-25-13-15-26(16-14-25)21-28(29)27-19-17-23(6-4-2)18-20-27/h22-28H,3-21H2,1-2H3. The molecule has 1 atom stereocenters. The monoisotopic (exact) mass is 466 g/mol. The molecule has 170 valence electrons. The summed E-state index contributed by atoms with van der Waals surface area (Å²) in [6, 6.07) is 0. The van der Waals surface area contributed by atoms with Gasteiger partial charge in [0.15, 0.2) is 0 Å². The Labute approximate surface area is 191 Å². The molecule has 0 heterocycles. The molecule has 0 aromatic heterocycles. The molecule has 0 spiro atoms. The molecule has 0 amide bonds. The van der Waals surface area contributed by atoms with Gasteiger partial charge in [0.05, 0.1) is 0 Å². The molecule has 29 heavy (non-hydrogen) atoms. The lowest BCUT2D eigenvalue weighted by Crippen LogP contribution is -2.25. The van der Waals surface area contributed by atoms with Gasteiger partial charge in [-0.15, -0.1) is 0 Å². The third-order valence-electron chi connectivity index (χ3n) is 9.27. The van der Waals surface area contributed by atoms with Gasteiger partial charge in [-0.2, -0.15) is 0 Å². The van der Waals surface area contributed by atoms with Crippen LogP contribution >= 0.6 is 15.9 Å². The van der Waals surface area contributed by atoms with Crippen LogP contribution in [0.5, 0.6) is 0 Å². The zero-order chi connectivity index (χ0) is 20.5. The zero-order valence-corrected chi connectivity index (χ0v) is 21.4. The van der Waals surface area contributed by atoms with Crippen LogP contribution in [0.15, 0.2) is 0 Å². The van der Waals surface area contributed by atoms with Crippen LogP contribution in [-0.4, -0.2) is 4.83 Å². The number of hydrogen-bond acceptors (Lipinski definition) is 0. The second kappa shape index (κ2) is 13.1. The van der Waals surface area contributed by atoms with Crippen molar-refractivity contribution in [3.63, 3.8) is 0 Å². The minimum Gasteiger partial charge on any atom is -0.0888 e. The minimum absolute atomic E-state index is 0.810. The van der Waals surface area contributed by atoms with Crippen LogP contribution in [0.1, 0.15) is 136 Å². The Kier molecular flexibility index (Phi) is 10.9. The Balaban J connectivity index is 1.26. The fourth-order valence-electron chi connectivity index (χ4n) is 7.20. The quantitative estimate of drug-likeness (QED) is 0.280. The second-order valence-electron chi connectivity index (χ2n) is 11.5. The first-order valence-corrected chi connectivity index (χ1v) is 14.7. The van der Waals surface area contributed by atoms with Crippen LogP contribution in [0.3, 0.4) is 0 Å². The van der Waals surface area contributed by atoms with E-state index in [0.717, 1.165) is 40.3 Å². The van der Waals surface area contributed by atoms with E-state index >= 15 is 0 Å². The van der Waals surface area contributed by atoms with Crippen LogP contribution in [-0.2, 0) is 0 Å². The first-order valence-electron chi connectivity index (χ1n) is 13.8. The molecule has 3 aliphatic rings. The maximum atomic E-state index is 4.15. The summed E-state index contributed by atoms with van der Waals surface area (Å²) in [6.07, 6.45) is 28.6. The fourth-order valence-corrected chi connectivity index (χ4v) is 8.26. The lowest BCUT2D eigenvalue weighted by molar-refractivity contribution is 0.198. The summed E-state index contributed by atoms with van der Waals surface area (Å²) in [5.74, 6) is 6.27. The van der Waals surface area contributed by atoms with Gasteiger partial charge >= 0.3 is 0 Å². The summed E-state index contributed by atoms with van der Waals surface area (Å²) in [7, 11) is 0. The zero-order valence-electron chi connectivity index (χ0n) is 19.9. The van der Waals surface area contributed by atoms with Crippen LogP contribution in [0, 0.1) is 35.5 Å². The highest BCUT2D eigenvalue weighted by atomic mass is 79.9. The van der Waals surface area contributed by atoms with Gasteiger partial charge < -0.3 is 0 Å². The van der Waals surface area contributed by atoms with E-state index in [1.165, 1.54) is 83.5 Å². The SMILES string of the molecule is CCCC1CCC(CCC2CCC(CC(Br)C3CCC(CCC)CC3)CC2)CC1. The van der Waals surface area contributed by atoms with Crippen molar-refractivity contribution < 1.29 is 0 Å². The number of rotatable bonds is 10. The summed E-state index contributed by atoms with van der Waals surface area (Å²) >= 11 is 4.15. The summed E-state index contributed by atoms with van der Waals surface area (Å²) < 4.78 is 0. The molecule has 3 aliphatic carbocycles. The Morgan fingerprint density at radius 1 is 0.517 bits per heavy atom. The molecule has 1 unspecified atom stereocenters. The van der Waals surface area contributed by atoms with E-state index in [0.29, 0.717) is 0 Å². The van der Waals surface area contributed by atoms with Crippen LogP contribution in [0.25, 0.3) is 0 Å². The van der Waals surface area contributed by atoms with Gasteiger partial charge in [0.25, 0.3) is 0 Å². The molecular weight excluding hydrogens is 416 g/mol. The molecule has 0 radical (unpaired) electrons. The van der Waals surface area contributed by atoms with Crippen LogP contribution in [0.4, 0.5) is 0 Å². The normalized spacial score (nSPS) is 37.3. The van der Waals surface area contributed by atoms with Crippen molar-refractivity contribution in [3.8, 4) is 0 Å². The number of alkyl halides is 1. The van der Waals surface area contributed by atoms with Gasteiger partial charge in [0, 0.05) is 4.83 Å². The van der Waals surface area contributed by atoms with Crippen molar-refractivity contribution in [2.24, 2.45) is 35.5 Å². The predicted octanol–water partition coefficient (Wildman–Crippen LogP) is 9.94. The van der Waals surface area contributed by atoms with E-state index in [1.54, 1.807) is 38.5 Å². The van der Waals surface area contributed by atoms with Crippen molar-refractivity contribution in [1.82, 2.24) is 0 Å². The molecule has 0 bridgehead atoms. The molecule has 3 fully saturated rings. The molecule has 3 rings (SSSR count). The molecule has 1 heteroatoms. The van der Waals surface area contributed by atoms with Crippen LogP contribution in [0.2, 0.25) is 0 Å². The van der Waals surface area contributed by atoms with Gasteiger partial charge in [-0.1, -0.05) is 133 Å². The van der Waals surface area contributed by atoms with Crippen LogP contribution < -0.4 is 0 Å². The van der Waals surface area contributed by atoms with Crippen molar-refractivity contribution in [3.05, 3.63) is 0 Å². The van der Waals surface area contributed by atoms with Crippen molar-refractivity contribution in [2.75, 3.05) is 0 Å². The van der Waals surface area contributed by atoms with E-state index in [2.05, 4.69) is 29.8 Å². The average molecular weight is 468 g/mol. The molecule has 0 N–H and O–H groups in total. The summed E-state index contributed by atoms with van der Waals surface area (Å²) in [5, 5.41) is 0. The third kappa shape index (κ3) is 8.16. The molecule has 0 aromatic rings. The Bertz CT molecular complexity index is 408. The van der Waals surface area contributed by atoms with E-state index < -0.39 is 0 Å². The maximum absolute atomic E-state index is 4.15. The topological polar surface area (TPSA) is 0 Å². The van der Waals surface area contributed by atoms with Gasteiger partial charge in [0.2, 0.25) is 0 Å². The second-order valence-corrected chi connectivity index (χ2v) is 12.6. The van der Waals surface area contributed by atoms with Crippen molar-refractivity contribution in [1.29, 1.82) is 0 Å². The van der Waals surface area contributed by atoms with Crippen molar-refractivity contribution in [2.45, 2.75) is 141 Å². The predicted molar refractivity (Wildman–Crippen MR) is 133 cm³/mol. The first-order chi connectivity index (χ1) is 14.2. The molecule has 0 aromatic carbocycles. The summed E-state index contributed by atoms with van der Waals surface area (Å²) in [4.78, 5) is 0.810. The average Bonchev–Trinajstić information content (AvgIpc) is 2.75. The van der Waals surface area contributed by atoms with Gasteiger partial charge in [-0.25, -0.2) is 0 Å². The summed E-state index contributed by atoms with van der Waals surface area (Å²) in [5.41, 5.74) is 0. The van der Waals surface area contributed by atoms with Gasteiger partial charge in [-0.3, -0.25) is 0 Å². The van der Waals surface area contributed by atoms with Gasteiger partial charge in [0.1, 0.15) is 0 Å². The smallest absolute Gasteiger partial charge is 0.0176 e. The number of halogens is 1. The first kappa shape index (κ1) is 24.1. The lowest BCUT2D eigenvalue weighted by atomic mass is 9.73. The Hall–Kier alpha value is 0.480. The minimum atomic E-state index is 0.810. The molecule has 0 nitrogen and oxygen atoms in total. The van der Waals surface area contributed by atoms with Crippen molar-refractivity contribution >= 4 is 15.9 Å². The largest absolute Gasteiger partial charge is 0.0888 e. The fraction of sp³-hybridized carbons (Fsp3) is 1.00. The highest BCUT2D eigenvalue weighted by Crippen LogP contribution is 2.42. The molecule has 0 aliphatic heterocycles. The maximum Gasteiger partial charge on any atom is 0.0176 e. The van der Waals surface area contributed by atoms with Gasteiger partial charge in [-0.05, 0) is 54.8 Å². The Morgan fingerprint density at radius 3 is 1.28 bits per heavy atom. The molecule has 0 saturated heterocycles. The van der Waals surface area contributed by atoms with E-state index in [4.69, 9.17) is 0 Å². The highest BCUT2D eigenvalue weighted by Gasteiger charge is 2.30.